The van der Waals surface area contributed by atoms with Crippen molar-refractivity contribution in [1.82, 2.24) is 0 Å². The second-order valence-corrected chi connectivity index (χ2v) is 5.39. The predicted molar refractivity (Wildman–Crippen MR) is 69.0 cm³/mol. The Hall–Kier alpha value is -0.920. The molecule has 0 heterocycles. The maximum atomic E-state index is 11.3. The molecule has 0 aliphatic heterocycles. The first-order valence-electron chi connectivity index (χ1n) is 5.36. The van der Waals surface area contributed by atoms with Gasteiger partial charge in [0.25, 0.3) is 0 Å². The Labute approximate surface area is 97.3 Å². The first kappa shape index (κ1) is 13.1. The number of hydrogen-bond acceptors (Lipinski definition) is 3. The number of benzene rings is 1. The summed E-state index contributed by atoms with van der Waals surface area (Å²) >= 11 is 0. The van der Waals surface area contributed by atoms with Crippen molar-refractivity contribution in [2.45, 2.75) is 13.0 Å². The minimum atomic E-state index is -1.55. The molecule has 0 N–H and O–H groups in total. The third-order valence-corrected chi connectivity index (χ3v) is 3.56. The minimum absolute atomic E-state index is 0.386. The number of rotatable bonds is 7. The van der Waals surface area contributed by atoms with Crippen LogP contribution in [0.4, 0.5) is 0 Å². The Balaban J connectivity index is 2.16. The highest BCUT2D eigenvalue weighted by Crippen LogP contribution is 2.19. The lowest BCUT2D eigenvalue weighted by atomic mass is 10.2. The lowest BCUT2D eigenvalue weighted by molar-refractivity contribution is 0.251. The van der Waals surface area contributed by atoms with Crippen LogP contribution >= 0.6 is 7.80 Å². The van der Waals surface area contributed by atoms with Gasteiger partial charge in [-0.15, -0.1) is 0 Å². The summed E-state index contributed by atoms with van der Waals surface area (Å²) in [6, 6.07) is 10.1. The molecule has 0 radical (unpaired) electrons. The van der Waals surface area contributed by atoms with Crippen LogP contribution in [0.1, 0.15) is 12.0 Å². The zero-order valence-corrected chi connectivity index (χ0v) is 10.6. The number of aliphatic imine (C=N–C) groups is 1. The van der Waals surface area contributed by atoms with E-state index in [1.807, 2.05) is 36.5 Å². The van der Waals surface area contributed by atoms with Crippen LogP contribution in [0.5, 0.6) is 0 Å². The van der Waals surface area contributed by atoms with Gasteiger partial charge in [0.05, 0.1) is 12.9 Å². The molecular formula is C12H18NO2P. The van der Waals surface area contributed by atoms with E-state index in [1.165, 1.54) is 5.56 Å². The third-order valence-electron chi connectivity index (χ3n) is 2.10. The highest BCUT2D eigenvalue weighted by molar-refractivity contribution is 7.44. The molecule has 1 rings (SSSR count). The van der Waals surface area contributed by atoms with E-state index in [-0.39, 0.29) is 0 Å². The van der Waals surface area contributed by atoms with Gasteiger partial charge >= 0.3 is 0 Å². The molecular weight excluding hydrogens is 221 g/mol. The Bertz CT molecular complexity index is 338. The SMILES string of the molecule is COC[PH](=O)CCC=NCc1ccccc1. The van der Waals surface area contributed by atoms with Crippen LogP contribution in [-0.4, -0.2) is 25.8 Å². The van der Waals surface area contributed by atoms with Gasteiger partial charge < -0.3 is 9.30 Å². The van der Waals surface area contributed by atoms with E-state index in [4.69, 9.17) is 4.74 Å². The summed E-state index contributed by atoms with van der Waals surface area (Å²) in [5.41, 5.74) is 1.20. The average molecular weight is 239 g/mol. The van der Waals surface area contributed by atoms with Crippen molar-refractivity contribution >= 4 is 14.0 Å². The van der Waals surface area contributed by atoms with Crippen molar-refractivity contribution in [3.63, 3.8) is 0 Å². The first-order chi connectivity index (χ1) is 7.83. The summed E-state index contributed by atoms with van der Waals surface area (Å²) in [5, 5.41) is 0. The minimum Gasteiger partial charge on any atom is -0.377 e. The molecule has 0 aliphatic rings. The van der Waals surface area contributed by atoms with Crippen LogP contribution in [0.3, 0.4) is 0 Å². The molecule has 0 aromatic heterocycles. The van der Waals surface area contributed by atoms with Gasteiger partial charge in [-0.1, -0.05) is 30.3 Å². The fourth-order valence-corrected chi connectivity index (χ4v) is 2.22. The second-order valence-electron chi connectivity index (χ2n) is 3.52. The zero-order chi connectivity index (χ0) is 11.6. The maximum Gasteiger partial charge on any atom is 0.101 e. The summed E-state index contributed by atoms with van der Waals surface area (Å²) < 4.78 is 16.1. The van der Waals surface area contributed by atoms with Crippen LogP contribution in [0.15, 0.2) is 35.3 Å². The quantitative estimate of drug-likeness (QED) is 0.542. The highest BCUT2D eigenvalue weighted by Gasteiger charge is 1.95. The number of nitrogens with zero attached hydrogens (tertiary/aromatic N) is 1. The number of ether oxygens (including phenoxy) is 1. The molecule has 0 fully saturated rings. The van der Waals surface area contributed by atoms with Crippen LogP contribution in [0.2, 0.25) is 0 Å². The number of methoxy groups -OCH3 is 1. The van der Waals surface area contributed by atoms with Gasteiger partial charge in [-0.25, -0.2) is 0 Å². The Morgan fingerprint density at radius 2 is 2.12 bits per heavy atom. The zero-order valence-electron chi connectivity index (χ0n) is 9.56. The summed E-state index contributed by atoms with van der Waals surface area (Å²) in [6.45, 7) is 0.700. The summed E-state index contributed by atoms with van der Waals surface area (Å²) in [4.78, 5) is 4.29. The van der Waals surface area contributed by atoms with Gasteiger partial charge in [-0.3, -0.25) is 4.99 Å². The van der Waals surface area contributed by atoms with Crippen molar-refractivity contribution in [2.75, 3.05) is 19.6 Å². The van der Waals surface area contributed by atoms with E-state index in [2.05, 4.69) is 4.99 Å². The molecule has 0 spiro atoms. The molecule has 0 aliphatic carbocycles. The topological polar surface area (TPSA) is 38.7 Å². The highest BCUT2D eigenvalue weighted by atomic mass is 31.1. The Kier molecular flexibility index (Phi) is 6.78. The molecule has 1 atom stereocenters. The van der Waals surface area contributed by atoms with Crippen molar-refractivity contribution in [2.24, 2.45) is 4.99 Å². The molecule has 0 saturated heterocycles. The lowest BCUT2D eigenvalue weighted by Gasteiger charge is -1.97. The van der Waals surface area contributed by atoms with Gasteiger partial charge in [0, 0.05) is 13.3 Å². The predicted octanol–water partition coefficient (Wildman–Crippen LogP) is 2.81. The molecule has 1 unspecified atom stereocenters. The van der Waals surface area contributed by atoms with Gasteiger partial charge in [0.1, 0.15) is 7.80 Å². The number of hydrogen-bond donors (Lipinski definition) is 0. The standard InChI is InChI=1S/C12H18NO2P/c1-15-11-16(14)9-5-8-13-10-12-6-3-2-4-7-12/h2-4,6-8,16H,5,9-11H2,1H3. The molecule has 3 nitrogen and oxygen atoms in total. The molecule has 1 aromatic carbocycles. The molecule has 16 heavy (non-hydrogen) atoms. The summed E-state index contributed by atoms with van der Waals surface area (Å²) in [7, 11) is 0.0269. The lowest BCUT2D eigenvalue weighted by Crippen LogP contribution is -1.88. The smallest absolute Gasteiger partial charge is 0.101 e. The fraction of sp³-hybridized carbons (Fsp3) is 0.417. The van der Waals surface area contributed by atoms with Gasteiger partial charge in [-0.05, 0) is 18.2 Å². The van der Waals surface area contributed by atoms with E-state index in [0.29, 0.717) is 19.1 Å². The average Bonchev–Trinajstić information content (AvgIpc) is 2.30. The maximum absolute atomic E-state index is 11.3. The normalized spacial score (nSPS) is 13.1. The third kappa shape index (κ3) is 5.84. The monoisotopic (exact) mass is 239 g/mol. The molecule has 0 bridgehead atoms. The van der Waals surface area contributed by atoms with Crippen LogP contribution in [0.25, 0.3) is 0 Å². The van der Waals surface area contributed by atoms with Crippen molar-refractivity contribution in [3.05, 3.63) is 35.9 Å². The van der Waals surface area contributed by atoms with Gasteiger partial charge in [-0.2, -0.15) is 0 Å². The van der Waals surface area contributed by atoms with Crippen LogP contribution in [0, 0.1) is 0 Å². The van der Waals surface area contributed by atoms with Crippen molar-refractivity contribution in [3.8, 4) is 0 Å². The Morgan fingerprint density at radius 3 is 2.81 bits per heavy atom. The van der Waals surface area contributed by atoms with E-state index in [0.717, 1.165) is 6.42 Å². The largest absolute Gasteiger partial charge is 0.377 e. The molecule has 88 valence electrons. The van der Waals surface area contributed by atoms with Gasteiger partial charge in [0.15, 0.2) is 0 Å². The summed E-state index contributed by atoms with van der Waals surface area (Å²) in [6.07, 6.45) is 3.70. The van der Waals surface area contributed by atoms with Crippen LogP contribution in [-0.2, 0) is 15.8 Å². The van der Waals surface area contributed by atoms with Crippen molar-refractivity contribution < 1.29 is 9.30 Å². The van der Waals surface area contributed by atoms with Crippen LogP contribution < -0.4 is 0 Å². The Morgan fingerprint density at radius 1 is 1.38 bits per heavy atom. The second kappa shape index (κ2) is 8.26. The molecule has 4 heteroatoms. The van der Waals surface area contributed by atoms with E-state index in [9.17, 15) is 4.57 Å². The van der Waals surface area contributed by atoms with Crippen molar-refractivity contribution in [1.29, 1.82) is 0 Å². The van der Waals surface area contributed by atoms with E-state index < -0.39 is 7.80 Å². The molecule has 0 saturated carbocycles. The fourth-order valence-electron chi connectivity index (χ4n) is 1.30. The van der Waals surface area contributed by atoms with E-state index >= 15 is 0 Å². The van der Waals surface area contributed by atoms with E-state index in [1.54, 1.807) is 7.11 Å². The first-order valence-corrected chi connectivity index (χ1v) is 7.18. The molecule has 1 aromatic rings. The summed E-state index contributed by atoms with van der Waals surface area (Å²) in [5.74, 6) is 0. The molecule has 0 amide bonds. The van der Waals surface area contributed by atoms with Gasteiger partial charge in [0.2, 0.25) is 0 Å².